The van der Waals surface area contributed by atoms with Crippen molar-refractivity contribution in [3.05, 3.63) is 29.3 Å². The molecule has 0 radical (unpaired) electrons. The molecule has 5 atom stereocenters. The van der Waals surface area contributed by atoms with Crippen molar-refractivity contribution in [3.63, 3.8) is 0 Å². The van der Waals surface area contributed by atoms with Gasteiger partial charge in [-0.2, -0.15) is 0 Å². The zero-order valence-corrected chi connectivity index (χ0v) is 16.8. The summed E-state index contributed by atoms with van der Waals surface area (Å²) in [6.45, 7) is 1.84. The van der Waals surface area contributed by atoms with Gasteiger partial charge < -0.3 is 20.1 Å². The number of unbranched alkanes of at least 4 members (excludes halogenated alkanes) is 2. The molecule has 2 unspecified atom stereocenters. The topological polar surface area (TPSA) is 87.0 Å². The summed E-state index contributed by atoms with van der Waals surface area (Å²) in [4.78, 5) is 10.8. The SMILES string of the molecule is CCCCC[C@H](O)CCC1C2Cc3cccc(OCC(=O)O)c3C[C@H]2C[C@H]1O. The van der Waals surface area contributed by atoms with E-state index in [1.807, 2.05) is 12.1 Å². The Hall–Kier alpha value is -1.59. The highest BCUT2D eigenvalue weighted by molar-refractivity contribution is 5.68. The van der Waals surface area contributed by atoms with Gasteiger partial charge in [-0.25, -0.2) is 4.79 Å². The van der Waals surface area contributed by atoms with E-state index in [1.165, 1.54) is 5.56 Å². The number of hydrogen-bond donors (Lipinski definition) is 3. The van der Waals surface area contributed by atoms with Crippen molar-refractivity contribution >= 4 is 5.97 Å². The summed E-state index contributed by atoms with van der Waals surface area (Å²) in [5, 5.41) is 29.8. The number of hydrogen-bond acceptors (Lipinski definition) is 4. The van der Waals surface area contributed by atoms with E-state index in [0.717, 1.165) is 63.4 Å². The highest BCUT2D eigenvalue weighted by Crippen LogP contribution is 2.48. The highest BCUT2D eigenvalue weighted by atomic mass is 16.5. The minimum atomic E-state index is -0.972. The van der Waals surface area contributed by atoms with E-state index in [1.54, 1.807) is 0 Å². The third kappa shape index (κ3) is 5.06. The van der Waals surface area contributed by atoms with Gasteiger partial charge in [-0.05, 0) is 73.5 Å². The van der Waals surface area contributed by atoms with Gasteiger partial charge >= 0.3 is 5.97 Å². The number of benzene rings is 1. The normalized spacial score (nSPS) is 27.1. The Balaban J connectivity index is 1.62. The molecule has 3 rings (SSSR count). The fourth-order valence-electron chi connectivity index (χ4n) is 5.24. The number of carboxylic acids is 1. The highest BCUT2D eigenvalue weighted by Gasteiger charge is 2.44. The predicted octanol–water partition coefficient (Wildman–Crippen LogP) is 3.58. The second-order valence-electron chi connectivity index (χ2n) is 8.60. The van der Waals surface area contributed by atoms with Crippen LogP contribution in [0.2, 0.25) is 0 Å². The van der Waals surface area contributed by atoms with Crippen LogP contribution in [0.15, 0.2) is 18.2 Å². The largest absolute Gasteiger partial charge is 0.482 e. The summed E-state index contributed by atoms with van der Waals surface area (Å²) in [6, 6.07) is 5.87. The first-order valence-corrected chi connectivity index (χ1v) is 10.8. The number of carbonyl (C=O) groups is 1. The van der Waals surface area contributed by atoms with Crippen LogP contribution in [-0.2, 0) is 17.6 Å². The maximum Gasteiger partial charge on any atom is 0.341 e. The first-order chi connectivity index (χ1) is 13.5. The lowest BCUT2D eigenvalue weighted by atomic mass is 9.73. The van der Waals surface area contributed by atoms with Gasteiger partial charge in [0.25, 0.3) is 0 Å². The van der Waals surface area contributed by atoms with Crippen molar-refractivity contribution in [2.45, 2.75) is 76.9 Å². The van der Waals surface area contributed by atoms with E-state index < -0.39 is 5.97 Å². The lowest BCUT2D eigenvalue weighted by Crippen LogP contribution is -2.28. The van der Waals surface area contributed by atoms with Crippen molar-refractivity contribution in [2.24, 2.45) is 17.8 Å². The van der Waals surface area contributed by atoms with Crippen molar-refractivity contribution in [2.75, 3.05) is 6.61 Å². The molecule has 5 heteroatoms. The van der Waals surface area contributed by atoms with Crippen LogP contribution >= 0.6 is 0 Å². The Kier molecular flexibility index (Phi) is 7.36. The van der Waals surface area contributed by atoms with Crippen LogP contribution in [0, 0.1) is 17.8 Å². The molecule has 0 saturated heterocycles. The molecule has 1 aromatic carbocycles. The minimum absolute atomic E-state index is 0.238. The van der Waals surface area contributed by atoms with Gasteiger partial charge in [-0.3, -0.25) is 0 Å². The van der Waals surface area contributed by atoms with Crippen LogP contribution < -0.4 is 4.74 Å². The molecule has 1 saturated carbocycles. The van der Waals surface area contributed by atoms with Gasteiger partial charge in [0.1, 0.15) is 5.75 Å². The van der Waals surface area contributed by atoms with E-state index in [2.05, 4.69) is 13.0 Å². The van der Waals surface area contributed by atoms with E-state index in [0.29, 0.717) is 17.6 Å². The van der Waals surface area contributed by atoms with Gasteiger partial charge in [0, 0.05) is 0 Å². The molecule has 0 bridgehead atoms. The fraction of sp³-hybridized carbons (Fsp3) is 0.696. The van der Waals surface area contributed by atoms with Crippen LogP contribution in [0.1, 0.15) is 63.0 Å². The second kappa shape index (κ2) is 9.75. The van der Waals surface area contributed by atoms with Crippen LogP contribution in [0.4, 0.5) is 0 Å². The van der Waals surface area contributed by atoms with Crippen molar-refractivity contribution in [1.82, 2.24) is 0 Å². The summed E-state index contributed by atoms with van der Waals surface area (Å²) < 4.78 is 5.50. The Labute approximate surface area is 167 Å². The van der Waals surface area contributed by atoms with Crippen LogP contribution in [0.5, 0.6) is 5.75 Å². The summed E-state index contributed by atoms with van der Waals surface area (Å²) in [6.07, 6.45) is 7.85. The average Bonchev–Trinajstić information content (AvgIpc) is 2.97. The minimum Gasteiger partial charge on any atom is -0.482 e. The molecule has 2 aliphatic carbocycles. The number of rotatable bonds is 10. The molecule has 0 aliphatic heterocycles. The van der Waals surface area contributed by atoms with Crippen molar-refractivity contribution in [1.29, 1.82) is 0 Å². The Morgan fingerprint density at radius 1 is 1.25 bits per heavy atom. The average molecular weight is 391 g/mol. The zero-order chi connectivity index (χ0) is 20.1. The number of carboxylic acid groups (broad SMARTS) is 1. The van der Waals surface area contributed by atoms with Crippen molar-refractivity contribution in [3.8, 4) is 5.75 Å². The number of fused-ring (bicyclic) bond motifs is 2. The van der Waals surface area contributed by atoms with Crippen molar-refractivity contribution < 1.29 is 24.9 Å². The third-order valence-electron chi connectivity index (χ3n) is 6.67. The van der Waals surface area contributed by atoms with E-state index in [-0.39, 0.29) is 24.7 Å². The summed E-state index contributed by atoms with van der Waals surface area (Å²) in [7, 11) is 0. The molecule has 0 amide bonds. The Bertz CT molecular complexity index is 658. The molecule has 5 nitrogen and oxygen atoms in total. The first-order valence-electron chi connectivity index (χ1n) is 10.8. The standard InChI is InChI=1S/C23H34O5/c1-2-3-4-7-17(24)9-10-18-19-11-15-6-5-8-22(28-14-23(26)27)20(15)12-16(19)13-21(18)25/h5-6,8,16-19,21,24-25H,2-4,7,9-14H2,1H3,(H,26,27)/t16-,17-,18?,19?,21+/m0/s1. The molecule has 0 aromatic heterocycles. The number of ether oxygens (including phenoxy) is 1. The molecule has 28 heavy (non-hydrogen) atoms. The van der Waals surface area contributed by atoms with Crippen LogP contribution in [-0.4, -0.2) is 40.1 Å². The lowest BCUT2D eigenvalue weighted by molar-refractivity contribution is -0.139. The van der Waals surface area contributed by atoms with Gasteiger partial charge in [-0.15, -0.1) is 0 Å². The maximum absolute atomic E-state index is 10.8. The second-order valence-corrected chi connectivity index (χ2v) is 8.60. The molecular formula is C23H34O5. The maximum atomic E-state index is 10.8. The number of aliphatic hydroxyl groups excluding tert-OH is 2. The molecule has 3 N–H and O–H groups in total. The van der Waals surface area contributed by atoms with Gasteiger partial charge in [-0.1, -0.05) is 38.3 Å². The van der Waals surface area contributed by atoms with Crippen LogP contribution in [0.25, 0.3) is 0 Å². The van der Waals surface area contributed by atoms with Gasteiger partial charge in [0.2, 0.25) is 0 Å². The first kappa shape index (κ1) is 21.1. The zero-order valence-electron chi connectivity index (χ0n) is 16.8. The molecule has 0 spiro atoms. The van der Waals surface area contributed by atoms with E-state index >= 15 is 0 Å². The third-order valence-corrected chi connectivity index (χ3v) is 6.67. The molecule has 156 valence electrons. The Morgan fingerprint density at radius 3 is 2.82 bits per heavy atom. The van der Waals surface area contributed by atoms with E-state index in [4.69, 9.17) is 9.84 Å². The molecule has 0 heterocycles. The molecule has 1 aromatic rings. The molecule has 2 aliphatic rings. The fourth-order valence-corrected chi connectivity index (χ4v) is 5.24. The van der Waals surface area contributed by atoms with Crippen LogP contribution in [0.3, 0.4) is 0 Å². The molecular weight excluding hydrogens is 356 g/mol. The molecule has 1 fully saturated rings. The predicted molar refractivity (Wildman–Crippen MR) is 107 cm³/mol. The summed E-state index contributed by atoms with van der Waals surface area (Å²) in [5.41, 5.74) is 2.32. The summed E-state index contributed by atoms with van der Waals surface area (Å²) in [5.74, 6) is 0.768. The monoisotopic (exact) mass is 390 g/mol. The van der Waals surface area contributed by atoms with Gasteiger partial charge in [0.05, 0.1) is 12.2 Å². The quantitative estimate of drug-likeness (QED) is 0.532. The van der Waals surface area contributed by atoms with E-state index in [9.17, 15) is 15.0 Å². The smallest absolute Gasteiger partial charge is 0.341 e. The van der Waals surface area contributed by atoms with Gasteiger partial charge in [0.15, 0.2) is 6.61 Å². The number of aliphatic hydroxyl groups is 2. The number of aliphatic carboxylic acids is 1. The summed E-state index contributed by atoms with van der Waals surface area (Å²) >= 11 is 0. The Morgan fingerprint density at radius 2 is 2.07 bits per heavy atom. The lowest BCUT2D eigenvalue weighted by Gasteiger charge is -2.32.